The van der Waals surface area contributed by atoms with Crippen molar-refractivity contribution in [2.24, 2.45) is 5.73 Å². The molecule has 11 heteroatoms. The molecule has 2 heterocycles. The van der Waals surface area contributed by atoms with Crippen LogP contribution >= 0.6 is 11.8 Å². The molecule has 2 atom stereocenters. The lowest BCUT2D eigenvalue weighted by Gasteiger charge is -2.55. The molecule has 2 aliphatic heterocycles. The molecule has 2 aromatic rings. The summed E-state index contributed by atoms with van der Waals surface area (Å²) in [5, 5.41) is -1.55. The summed E-state index contributed by atoms with van der Waals surface area (Å²) in [6, 6.07) is 17.5. The number of hydrogen-bond donors (Lipinski definition) is 1. The SMILES string of the molecule is CC(=O)OCC1=C(C(=O)OC(c2ccccc2)c2ccccc2)N2C(=O)C(N)(C(F)(F)F)[C@H]2SC1. The molecule has 1 saturated heterocycles. The van der Waals surface area contributed by atoms with Crippen LogP contribution in [0.2, 0.25) is 0 Å². The normalized spacial score (nSPS) is 21.9. The van der Waals surface area contributed by atoms with Gasteiger partial charge in [0, 0.05) is 18.2 Å². The molecule has 0 bridgehead atoms. The zero-order chi connectivity index (χ0) is 25.4. The molecule has 0 spiro atoms. The Morgan fingerprint density at radius 1 is 1.11 bits per heavy atom. The van der Waals surface area contributed by atoms with Gasteiger partial charge in [-0.3, -0.25) is 14.5 Å². The molecule has 1 unspecified atom stereocenters. The number of nitrogens with zero attached hydrogens (tertiary/aromatic N) is 1. The van der Waals surface area contributed by atoms with E-state index in [9.17, 15) is 27.6 Å². The lowest BCUT2D eigenvalue weighted by molar-refractivity contribution is -0.224. The van der Waals surface area contributed by atoms with E-state index < -0.39 is 41.0 Å². The van der Waals surface area contributed by atoms with Crippen molar-refractivity contribution in [1.82, 2.24) is 4.90 Å². The topological polar surface area (TPSA) is 98.9 Å². The minimum atomic E-state index is -5.02. The van der Waals surface area contributed by atoms with Gasteiger partial charge in [-0.1, -0.05) is 60.7 Å². The Kier molecular flexibility index (Phi) is 6.65. The standard InChI is InChI=1S/C24H21F3N2O5S/c1-14(30)33-12-17-13-35-22-23(28,24(25,26)27)21(32)29(22)18(17)20(31)34-19(15-8-4-2-5-9-15)16-10-6-3-7-11-16/h2-11,19,22H,12-13,28H2,1H3/t22-,23?/m1/s1. The number of hydrogen-bond acceptors (Lipinski definition) is 7. The highest BCUT2D eigenvalue weighted by atomic mass is 32.2. The molecule has 0 saturated carbocycles. The van der Waals surface area contributed by atoms with Gasteiger partial charge in [-0.05, 0) is 11.1 Å². The fraction of sp³-hybridized carbons (Fsp3) is 0.292. The Bertz CT molecular complexity index is 1130. The first-order valence-corrected chi connectivity index (χ1v) is 11.6. The third kappa shape index (κ3) is 4.41. The largest absolute Gasteiger partial charge is 0.461 e. The van der Waals surface area contributed by atoms with E-state index in [1.54, 1.807) is 60.7 Å². The Labute approximate surface area is 203 Å². The van der Waals surface area contributed by atoms with Crippen LogP contribution < -0.4 is 5.73 Å². The summed E-state index contributed by atoms with van der Waals surface area (Å²) in [4.78, 5) is 38.2. The number of halogens is 3. The van der Waals surface area contributed by atoms with E-state index in [2.05, 4.69) is 0 Å². The number of esters is 2. The van der Waals surface area contributed by atoms with Gasteiger partial charge in [-0.2, -0.15) is 13.2 Å². The lowest BCUT2D eigenvalue weighted by Crippen LogP contribution is -2.83. The number of benzene rings is 2. The van der Waals surface area contributed by atoms with Crippen LogP contribution in [0.1, 0.15) is 24.2 Å². The summed E-state index contributed by atoms with van der Waals surface area (Å²) < 4.78 is 51.7. The van der Waals surface area contributed by atoms with E-state index in [0.717, 1.165) is 18.7 Å². The fourth-order valence-corrected chi connectivity index (χ4v) is 5.37. The van der Waals surface area contributed by atoms with Gasteiger partial charge in [0.15, 0.2) is 6.10 Å². The third-order valence-corrected chi connectivity index (χ3v) is 7.14. The molecular weight excluding hydrogens is 485 g/mol. The summed E-state index contributed by atoms with van der Waals surface area (Å²) >= 11 is 0.746. The highest BCUT2D eigenvalue weighted by molar-refractivity contribution is 8.00. The first kappa shape index (κ1) is 24.8. The molecule has 2 aliphatic rings. The van der Waals surface area contributed by atoms with Gasteiger partial charge in [0.25, 0.3) is 5.91 Å². The number of rotatable bonds is 6. The molecule has 184 valence electrons. The van der Waals surface area contributed by atoms with Gasteiger partial charge in [0.05, 0.1) is 0 Å². The minimum Gasteiger partial charge on any atom is -0.461 e. The van der Waals surface area contributed by atoms with Crippen LogP contribution in [-0.2, 0) is 23.9 Å². The van der Waals surface area contributed by atoms with Gasteiger partial charge in [-0.25, -0.2) is 4.79 Å². The zero-order valence-corrected chi connectivity index (χ0v) is 19.3. The van der Waals surface area contributed by atoms with Crippen molar-refractivity contribution in [2.75, 3.05) is 12.4 Å². The Morgan fingerprint density at radius 2 is 1.66 bits per heavy atom. The maximum absolute atomic E-state index is 13.7. The molecule has 4 rings (SSSR count). The smallest absolute Gasteiger partial charge is 0.418 e. The monoisotopic (exact) mass is 506 g/mol. The molecule has 0 aliphatic carbocycles. The molecule has 0 radical (unpaired) electrons. The van der Waals surface area contributed by atoms with E-state index in [1.165, 1.54) is 0 Å². The molecule has 0 aromatic heterocycles. The van der Waals surface area contributed by atoms with Gasteiger partial charge in [-0.15, -0.1) is 11.8 Å². The average molecular weight is 507 g/mol. The van der Waals surface area contributed by atoms with E-state index in [0.29, 0.717) is 16.0 Å². The number of nitrogens with two attached hydrogens (primary N) is 1. The number of ether oxygens (including phenoxy) is 2. The van der Waals surface area contributed by atoms with Crippen molar-refractivity contribution in [2.45, 2.75) is 30.1 Å². The number of carbonyl (C=O) groups is 3. The maximum atomic E-state index is 13.7. The molecule has 1 fully saturated rings. The molecule has 2 N–H and O–H groups in total. The van der Waals surface area contributed by atoms with E-state index in [-0.39, 0.29) is 23.6 Å². The van der Waals surface area contributed by atoms with Gasteiger partial charge < -0.3 is 15.2 Å². The number of carbonyl (C=O) groups excluding carboxylic acids is 3. The Hall–Kier alpha value is -3.31. The van der Waals surface area contributed by atoms with E-state index >= 15 is 0 Å². The molecule has 7 nitrogen and oxygen atoms in total. The minimum absolute atomic E-state index is 0.109. The third-order valence-electron chi connectivity index (χ3n) is 5.73. The molecule has 35 heavy (non-hydrogen) atoms. The van der Waals surface area contributed by atoms with Crippen LogP contribution in [0.5, 0.6) is 0 Å². The number of thioether (sulfide) groups is 1. The van der Waals surface area contributed by atoms with Crippen molar-refractivity contribution in [3.8, 4) is 0 Å². The second-order valence-corrected chi connectivity index (χ2v) is 9.11. The van der Waals surface area contributed by atoms with Crippen molar-refractivity contribution in [3.63, 3.8) is 0 Å². The summed E-state index contributed by atoms with van der Waals surface area (Å²) in [6.45, 7) is 0.774. The average Bonchev–Trinajstić information content (AvgIpc) is 2.84. The Morgan fingerprint density at radius 3 is 2.14 bits per heavy atom. The van der Waals surface area contributed by atoms with Crippen LogP contribution in [0.25, 0.3) is 0 Å². The second-order valence-electron chi connectivity index (χ2n) is 8.04. The van der Waals surface area contributed by atoms with Crippen LogP contribution in [-0.4, -0.2) is 52.2 Å². The first-order chi connectivity index (χ1) is 16.6. The van der Waals surface area contributed by atoms with Crippen molar-refractivity contribution in [1.29, 1.82) is 0 Å². The number of alkyl halides is 3. The molecular formula is C24H21F3N2O5S. The zero-order valence-electron chi connectivity index (χ0n) is 18.5. The van der Waals surface area contributed by atoms with Gasteiger partial charge in [0.1, 0.15) is 17.7 Å². The predicted molar refractivity (Wildman–Crippen MR) is 121 cm³/mol. The van der Waals surface area contributed by atoms with E-state index in [4.69, 9.17) is 15.2 Å². The number of β-lactam (4-membered cyclic amide) rings is 1. The van der Waals surface area contributed by atoms with Crippen LogP contribution in [0.3, 0.4) is 0 Å². The van der Waals surface area contributed by atoms with Crippen LogP contribution in [0.15, 0.2) is 71.9 Å². The molecule has 1 amide bonds. The summed E-state index contributed by atoms with van der Waals surface area (Å²) in [5.41, 5.74) is 3.37. The summed E-state index contributed by atoms with van der Waals surface area (Å²) in [6.07, 6.45) is -5.92. The lowest BCUT2D eigenvalue weighted by atomic mass is 9.86. The number of amides is 1. The van der Waals surface area contributed by atoms with E-state index in [1.807, 2.05) is 0 Å². The van der Waals surface area contributed by atoms with Crippen molar-refractivity contribution in [3.05, 3.63) is 83.1 Å². The van der Waals surface area contributed by atoms with Crippen molar-refractivity contribution < 1.29 is 37.0 Å². The highest BCUT2D eigenvalue weighted by Crippen LogP contribution is 2.51. The maximum Gasteiger partial charge on any atom is 0.418 e. The van der Waals surface area contributed by atoms with Crippen LogP contribution in [0, 0.1) is 0 Å². The van der Waals surface area contributed by atoms with Crippen molar-refractivity contribution >= 4 is 29.6 Å². The highest BCUT2D eigenvalue weighted by Gasteiger charge is 2.75. The van der Waals surface area contributed by atoms with Crippen LogP contribution in [0.4, 0.5) is 13.2 Å². The van der Waals surface area contributed by atoms with Gasteiger partial charge in [0.2, 0.25) is 5.54 Å². The fourth-order valence-electron chi connectivity index (χ4n) is 3.94. The summed E-state index contributed by atoms with van der Waals surface area (Å²) in [7, 11) is 0. The predicted octanol–water partition coefficient (Wildman–Crippen LogP) is 3.31. The van der Waals surface area contributed by atoms with Gasteiger partial charge >= 0.3 is 18.1 Å². The quantitative estimate of drug-likeness (QED) is 0.474. The Balaban J connectivity index is 1.72. The second kappa shape index (κ2) is 9.38. The first-order valence-electron chi connectivity index (χ1n) is 10.5. The molecule has 2 aromatic carbocycles. The summed E-state index contributed by atoms with van der Waals surface area (Å²) in [5.74, 6) is -3.25. The number of fused-ring (bicyclic) bond motifs is 1.